The summed E-state index contributed by atoms with van der Waals surface area (Å²) in [5, 5.41) is 7.46. The molecule has 4 heterocycles. The smallest absolute Gasteiger partial charge is 0.259 e. The summed E-state index contributed by atoms with van der Waals surface area (Å²) in [5.74, 6) is 0.209. The second-order valence-corrected chi connectivity index (χ2v) is 8.03. The Labute approximate surface area is 191 Å². The Morgan fingerprint density at radius 3 is 2.48 bits per heavy atom. The van der Waals surface area contributed by atoms with E-state index in [1.54, 1.807) is 40.3 Å². The summed E-state index contributed by atoms with van der Waals surface area (Å²) in [7, 11) is 0. The number of amides is 2. The molecule has 1 aromatic carbocycles. The Morgan fingerprint density at radius 1 is 0.970 bits per heavy atom. The van der Waals surface area contributed by atoms with E-state index in [4.69, 9.17) is 0 Å². The predicted molar refractivity (Wildman–Crippen MR) is 124 cm³/mol. The monoisotopic (exact) mass is 440 g/mol. The van der Waals surface area contributed by atoms with E-state index in [1.165, 1.54) is 0 Å². The summed E-state index contributed by atoms with van der Waals surface area (Å²) in [6.45, 7) is 0.983. The van der Waals surface area contributed by atoms with Gasteiger partial charge in [-0.1, -0.05) is 18.2 Å². The topological polar surface area (TPSA) is 85.1 Å². The Bertz CT molecular complexity index is 1230. The molecule has 1 unspecified atom stereocenters. The fourth-order valence-corrected chi connectivity index (χ4v) is 4.20. The van der Waals surface area contributed by atoms with Gasteiger partial charge in [-0.15, -0.1) is 0 Å². The number of nitrogens with zero attached hydrogens (tertiary/aromatic N) is 5. The standard InChI is InChI=1S/C25H24N6O2/c32-23(28-20-10-12-26-13-11-20)19-7-6-16-30(18-19)25(33)22-17-27-31(21-8-2-1-3-9-21)24(22)29-14-4-5-15-29/h1-5,8-15,17,19H,6-7,16,18H2,(H,26,28,32). The van der Waals surface area contributed by atoms with Crippen LogP contribution < -0.4 is 5.32 Å². The quantitative estimate of drug-likeness (QED) is 0.514. The Morgan fingerprint density at radius 2 is 1.73 bits per heavy atom. The van der Waals surface area contributed by atoms with E-state index in [2.05, 4.69) is 15.4 Å². The highest BCUT2D eigenvalue weighted by atomic mass is 16.2. The number of aromatic nitrogens is 4. The Balaban J connectivity index is 1.40. The molecule has 1 saturated heterocycles. The lowest BCUT2D eigenvalue weighted by molar-refractivity contribution is -0.121. The summed E-state index contributed by atoms with van der Waals surface area (Å²) >= 11 is 0. The summed E-state index contributed by atoms with van der Waals surface area (Å²) in [4.78, 5) is 32.2. The van der Waals surface area contributed by atoms with E-state index in [-0.39, 0.29) is 17.7 Å². The molecule has 33 heavy (non-hydrogen) atoms. The Hall–Kier alpha value is -4.20. The van der Waals surface area contributed by atoms with Crippen LogP contribution in [-0.2, 0) is 4.79 Å². The average Bonchev–Trinajstić information content (AvgIpc) is 3.55. The number of rotatable bonds is 5. The first kappa shape index (κ1) is 20.7. The molecule has 8 nitrogen and oxygen atoms in total. The van der Waals surface area contributed by atoms with Crippen molar-refractivity contribution in [2.45, 2.75) is 12.8 Å². The van der Waals surface area contributed by atoms with Crippen LogP contribution in [0.2, 0.25) is 0 Å². The van der Waals surface area contributed by atoms with Crippen LogP contribution in [-0.4, -0.2) is 49.1 Å². The van der Waals surface area contributed by atoms with Crippen LogP contribution in [0.4, 0.5) is 5.69 Å². The fraction of sp³-hybridized carbons (Fsp3) is 0.200. The van der Waals surface area contributed by atoms with Crippen LogP contribution >= 0.6 is 0 Å². The molecule has 3 aromatic heterocycles. The molecule has 1 atom stereocenters. The number of likely N-dealkylation sites (tertiary alicyclic amines) is 1. The molecule has 0 radical (unpaired) electrons. The number of hydrogen-bond acceptors (Lipinski definition) is 4. The first-order chi connectivity index (χ1) is 16.2. The summed E-state index contributed by atoms with van der Waals surface area (Å²) in [6, 6.07) is 17.1. The van der Waals surface area contributed by atoms with Gasteiger partial charge < -0.3 is 14.8 Å². The summed E-state index contributed by atoms with van der Waals surface area (Å²) in [6.07, 6.45) is 10.2. The predicted octanol–water partition coefficient (Wildman–Crippen LogP) is 3.55. The number of carbonyl (C=O) groups is 2. The molecule has 0 aliphatic carbocycles. The van der Waals surface area contributed by atoms with Gasteiger partial charge in [0.25, 0.3) is 5.91 Å². The fourth-order valence-electron chi connectivity index (χ4n) is 4.20. The van der Waals surface area contributed by atoms with Crippen molar-refractivity contribution >= 4 is 17.5 Å². The third-order valence-electron chi connectivity index (χ3n) is 5.85. The van der Waals surface area contributed by atoms with Crippen LogP contribution in [0.1, 0.15) is 23.2 Å². The third-order valence-corrected chi connectivity index (χ3v) is 5.85. The molecule has 1 fully saturated rings. The third kappa shape index (κ3) is 4.27. The molecule has 0 spiro atoms. The number of anilines is 1. The van der Waals surface area contributed by atoms with Crippen LogP contribution in [0.5, 0.6) is 0 Å². The molecule has 4 aromatic rings. The molecule has 0 bridgehead atoms. The van der Waals surface area contributed by atoms with Crippen LogP contribution in [0, 0.1) is 5.92 Å². The van der Waals surface area contributed by atoms with E-state index >= 15 is 0 Å². The molecular formula is C25H24N6O2. The van der Waals surface area contributed by atoms with E-state index in [9.17, 15) is 9.59 Å². The van der Waals surface area contributed by atoms with Gasteiger partial charge in [0.05, 0.1) is 17.8 Å². The highest BCUT2D eigenvalue weighted by molar-refractivity contribution is 5.98. The molecule has 0 saturated carbocycles. The second-order valence-electron chi connectivity index (χ2n) is 8.03. The van der Waals surface area contributed by atoms with Gasteiger partial charge in [0, 0.05) is 43.6 Å². The zero-order valence-corrected chi connectivity index (χ0v) is 18.0. The highest BCUT2D eigenvalue weighted by Gasteiger charge is 2.31. The zero-order chi connectivity index (χ0) is 22.6. The molecule has 2 amide bonds. The van der Waals surface area contributed by atoms with Crippen molar-refractivity contribution in [1.29, 1.82) is 0 Å². The number of piperidine rings is 1. The SMILES string of the molecule is O=C(Nc1ccncc1)C1CCCN(C(=O)c2cnn(-c3ccccc3)c2-n2cccc2)C1. The minimum Gasteiger partial charge on any atom is -0.338 e. The molecule has 5 rings (SSSR count). The lowest BCUT2D eigenvalue weighted by Gasteiger charge is -2.32. The second kappa shape index (κ2) is 9.12. The lowest BCUT2D eigenvalue weighted by Crippen LogP contribution is -2.44. The maximum Gasteiger partial charge on any atom is 0.259 e. The van der Waals surface area contributed by atoms with Crippen molar-refractivity contribution in [2.24, 2.45) is 5.92 Å². The van der Waals surface area contributed by atoms with Gasteiger partial charge in [-0.25, -0.2) is 4.68 Å². The number of hydrogen-bond donors (Lipinski definition) is 1. The largest absolute Gasteiger partial charge is 0.338 e. The summed E-state index contributed by atoms with van der Waals surface area (Å²) in [5.41, 5.74) is 2.08. The van der Waals surface area contributed by atoms with Crippen molar-refractivity contribution in [2.75, 3.05) is 18.4 Å². The van der Waals surface area contributed by atoms with Gasteiger partial charge >= 0.3 is 0 Å². The van der Waals surface area contributed by atoms with Gasteiger partial charge in [-0.2, -0.15) is 5.10 Å². The van der Waals surface area contributed by atoms with Crippen molar-refractivity contribution in [3.63, 3.8) is 0 Å². The lowest BCUT2D eigenvalue weighted by atomic mass is 9.96. The van der Waals surface area contributed by atoms with Crippen molar-refractivity contribution in [3.05, 3.63) is 91.1 Å². The Kier molecular flexibility index (Phi) is 5.72. The molecule has 1 aliphatic rings. The van der Waals surface area contributed by atoms with Gasteiger partial charge in [-0.3, -0.25) is 14.6 Å². The van der Waals surface area contributed by atoms with E-state index in [0.29, 0.717) is 30.2 Å². The van der Waals surface area contributed by atoms with Crippen molar-refractivity contribution in [3.8, 4) is 11.5 Å². The normalized spacial score (nSPS) is 15.9. The van der Waals surface area contributed by atoms with Gasteiger partial charge in [0.1, 0.15) is 5.56 Å². The van der Waals surface area contributed by atoms with Crippen LogP contribution in [0.3, 0.4) is 0 Å². The average molecular weight is 441 g/mol. The highest BCUT2D eigenvalue weighted by Crippen LogP contribution is 2.25. The van der Waals surface area contributed by atoms with Crippen LogP contribution in [0.15, 0.2) is 85.6 Å². The van der Waals surface area contributed by atoms with Gasteiger partial charge in [0.15, 0.2) is 5.82 Å². The number of carbonyl (C=O) groups excluding carboxylic acids is 2. The minimum atomic E-state index is -0.268. The van der Waals surface area contributed by atoms with Gasteiger partial charge in [0.2, 0.25) is 5.91 Å². The van der Waals surface area contributed by atoms with Crippen molar-refractivity contribution in [1.82, 2.24) is 24.2 Å². The number of benzene rings is 1. The van der Waals surface area contributed by atoms with Gasteiger partial charge in [-0.05, 0) is 49.2 Å². The maximum absolute atomic E-state index is 13.6. The molecule has 1 N–H and O–H groups in total. The molecule has 166 valence electrons. The van der Waals surface area contributed by atoms with E-state index in [1.807, 2.05) is 59.4 Å². The maximum atomic E-state index is 13.6. The van der Waals surface area contributed by atoms with E-state index in [0.717, 1.165) is 18.5 Å². The first-order valence-corrected chi connectivity index (χ1v) is 11.0. The zero-order valence-electron chi connectivity index (χ0n) is 18.0. The number of pyridine rings is 1. The molecular weight excluding hydrogens is 416 g/mol. The summed E-state index contributed by atoms with van der Waals surface area (Å²) < 4.78 is 3.66. The number of para-hydroxylation sites is 1. The van der Waals surface area contributed by atoms with Crippen molar-refractivity contribution < 1.29 is 9.59 Å². The van der Waals surface area contributed by atoms with Crippen LogP contribution in [0.25, 0.3) is 11.5 Å². The minimum absolute atomic E-state index is 0.0793. The van der Waals surface area contributed by atoms with E-state index < -0.39 is 0 Å². The molecule has 1 aliphatic heterocycles. The number of nitrogens with one attached hydrogen (secondary N) is 1. The first-order valence-electron chi connectivity index (χ1n) is 11.0. The molecule has 8 heteroatoms.